The standard InChI is InChI=1S/C54H83IN6O13/c1-31-26-52(7,67)48(33(3)45(72-43-27-53(8,69-12)47(65)36(6)71-43)34(4)49(66)74-51(55)54(9,68)46(64)35(5)60(11)29-31)73-50-44(63)41(25-32(2)70-50)59(10)24-21-40-30-61(58-57-40)23-14-16-42(62)38-19-17-37(18-20-38)39-15-13-22-56-28-39/h13,15,17-20,22,28,30-36,41,43-48,50-51,63-65,67-68H,14,16,21,23-27,29H2,1-12H3/t31-,32-,33+,34-,35-,36+,41+,43+,44-,45+,46-,47+,48-,50+,51+,52-,53-,54+/m1/s1. The third kappa shape index (κ3) is 14.5. The van der Waals surface area contributed by atoms with E-state index in [1.165, 1.54) is 14.0 Å². The molecule has 3 aromatic rings. The molecule has 19 nitrogen and oxygen atoms in total. The van der Waals surface area contributed by atoms with E-state index in [2.05, 4.69) is 15.3 Å². The van der Waals surface area contributed by atoms with Crippen molar-refractivity contribution in [2.75, 3.05) is 34.3 Å². The molecule has 0 unspecified atom stereocenters. The van der Waals surface area contributed by atoms with Crippen LogP contribution in [0.25, 0.3) is 11.1 Å². The molecule has 0 saturated carbocycles. The molecule has 20 heteroatoms. The van der Waals surface area contributed by atoms with E-state index in [0.29, 0.717) is 50.9 Å². The molecule has 2 aromatic heterocycles. The molecule has 0 aliphatic carbocycles. The Kier molecular flexibility index (Phi) is 20.8. The number of esters is 1. The molecule has 1 aromatic carbocycles. The van der Waals surface area contributed by atoms with Crippen molar-refractivity contribution < 1.29 is 63.5 Å². The summed E-state index contributed by atoms with van der Waals surface area (Å²) in [5.41, 5.74) is -1.17. The van der Waals surface area contributed by atoms with Gasteiger partial charge in [-0.25, -0.2) is 0 Å². The van der Waals surface area contributed by atoms with Gasteiger partial charge in [0.2, 0.25) is 0 Å². The van der Waals surface area contributed by atoms with Crippen LogP contribution in [0.15, 0.2) is 55.0 Å². The van der Waals surface area contributed by atoms with Gasteiger partial charge in [0.05, 0.1) is 47.2 Å². The number of hydrogen-bond acceptors (Lipinski definition) is 18. The zero-order chi connectivity index (χ0) is 54.4. The zero-order valence-electron chi connectivity index (χ0n) is 45.3. The van der Waals surface area contributed by atoms with Gasteiger partial charge >= 0.3 is 5.97 Å². The number of nitrogens with zero attached hydrogens (tertiary/aromatic N) is 6. The maximum Gasteiger partial charge on any atom is 0.312 e. The SMILES string of the molecule is CO[C@]1(C)C[C@H](O[C@H]2[C@H](C)[C@@H](O[C@@H]3O[C@H](C)C[C@H](N(C)CCc4cn(CCCC(=O)c5ccc(-c6cccnc6)cc5)nn4)[C@H]3O)[C@](C)(O)C[C@@H](C)CN(C)[C@H](C)[C@@H](O)[C@](C)(O)[C@@H](I)OC(=O)[C@@H]2C)O[C@@H](C)[C@@H]1O. The number of ether oxygens (including phenoxy) is 6. The highest BCUT2D eigenvalue weighted by Crippen LogP contribution is 2.40. The summed E-state index contributed by atoms with van der Waals surface area (Å²) in [6.45, 7) is 17.1. The number of hydrogen-bond donors (Lipinski definition) is 5. The lowest BCUT2D eigenvalue weighted by molar-refractivity contribution is -0.318. The zero-order valence-corrected chi connectivity index (χ0v) is 47.4. The second kappa shape index (κ2) is 25.6. The molecule has 74 heavy (non-hydrogen) atoms. The average Bonchev–Trinajstić information content (AvgIpc) is 3.82. The number of Topliss-reactive ketones (excluding diaryl/α,β-unsaturated/α-hetero) is 1. The molecule has 18 atom stereocenters. The van der Waals surface area contributed by atoms with E-state index >= 15 is 0 Å². The number of benzene rings is 1. The number of aliphatic hydroxyl groups excluding tert-OH is 3. The van der Waals surface area contributed by atoms with Gasteiger partial charge in [0.25, 0.3) is 0 Å². The van der Waals surface area contributed by atoms with Crippen LogP contribution in [0.1, 0.15) is 110 Å². The van der Waals surface area contributed by atoms with Crippen molar-refractivity contribution in [3.63, 3.8) is 0 Å². The second-order valence-electron chi connectivity index (χ2n) is 22.2. The van der Waals surface area contributed by atoms with Gasteiger partial charge in [-0.3, -0.25) is 19.3 Å². The quantitative estimate of drug-likeness (QED) is 0.0594. The van der Waals surface area contributed by atoms with Crippen molar-refractivity contribution in [1.82, 2.24) is 29.8 Å². The van der Waals surface area contributed by atoms with Gasteiger partial charge in [0.15, 0.2) is 22.5 Å². The molecule has 3 aliphatic heterocycles. The van der Waals surface area contributed by atoms with Gasteiger partial charge < -0.3 is 63.8 Å². The van der Waals surface area contributed by atoms with Crippen LogP contribution in [-0.4, -0.2) is 190 Å². The molecule has 5 heterocycles. The summed E-state index contributed by atoms with van der Waals surface area (Å²) in [7, 11) is 5.24. The number of aliphatic hydroxyl groups is 5. The Morgan fingerprint density at radius 1 is 0.959 bits per heavy atom. The Bertz CT molecular complexity index is 2260. The number of methoxy groups -OCH3 is 1. The molecule has 414 valence electrons. The summed E-state index contributed by atoms with van der Waals surface area (Å²) in [6.07, 6.45) is -1.40. The maximum atomic E-state index is 14.3. The summed E-state index contributed by atoms with van der Waals surface area (Å²) >= 11 is 1.83. The number of pyridine rings is 1. The first kappa shape index (κ1) is 60.1. The summed E-state index contributed by atoms with van der Waals surface area (Å²) in [4.78, 5) is 35.5. The molecule has 0 radical (unpaired) electrons. The van der Waals surface area contributed by atoms with E-state index in [4.69, 9.17) is 28.4 Å². The normalized spacial score (nSPS) is 38.3. The molecular weight excluding hydrogens is 1070 g/mol. The number of halogens is 1. The minimum absolute atomic E-state index is 0.0542. The average molecular weight is 1150 g/mol. The Labute approximate surface area is 450 Å². The van der Waals surface area contributed by atoms with Gasteiger partial charge in [-0.05, 0) is 128 Å². The van der Waals surface area contributed by atoms with E-state index in [9.17, 15) is 35.1 Å². The summed E-state index contributed by atoms with van der Waals surface area (Å²) in [5.74, 6) is -2.79. The van der Waals surface area contributed by atoms with E-state index in [1.807, 2.05) is 103 Å². The largest absolute Gasteiger partial charge is 0.448 e. The maximum absolute atomic E-state index is 14.3. The van der Waals surface area contributed by atoms with Crippen molar-refractivity contribution in [2.24, 2.45) is 17.8 Å². The lowest BCUT2D eigenvalue weighted by atomic mass is 9.77. The molecule has 3 aliphatic rings. The van der Waals surface area contributed by atoms with Crippen molar-refractivity contribution in [3.05, 3.63) is 66.2 Å². The Balaban J connectivity index is 1.18. The van der Waals surface area contributed by atoms with Crippen molar-refractivity contribution in [3.8, 4) is 11.1 Å². The smallest absolute Gasteiger partial charge is 0.312 e. The molecule has 0 bridgehead atoms. The highest BCUT2D eigenvalue weighted by atomic mass is 127. The first-order chi connectivity index (χ1) is 34.8. The van der Waals surface area contributed by atoms with E-state index in [0.717, 1.165) is 16.8 Å². The van der Waals surface area contributed by atoms with Crippen LogP contribution < -0.4 is 0 Å². The number of ketones is 1. The van der Waals surface area contributed by atoms with Crippen LogP contribution in [0.2, 0.25) is 0 Å². The van der Waals surface area contributed by atoms with Gasteiger partial charge in [-0.15, -0.1) is 5.10 Å². The number of alkyl halides is 1. The van der Waals surface area contributed by atoms with E-state index < -0.39 is 100 Å². The molecule has 5 N–H and O–H groups in total. The Morgan fingerprint density at radius 3 is 2.32 bits per heavy atom. The fraction of sp³-hybridized carbons (Fsp3) is 0.722. The first-order valence-corrected chi connectivity index (χ1v) is 27.3. The monoisotopic (exact) mass is 1150 g/mol. The fourth-order valence-corrected chi connectivity index (χ4v) is 11.6. The third-order valence-corrected chi connectivity index (χ3v) is 17.3. The van der Waals surface area contributed by atoms with Gasteiger partial charge in [-0.2, -0.15) is 0 Å². The van der Waals surface area contributed by atoms with Gasteiger partial charge in [0, 0.05) is 88.2 Å². The number of cyclic esters (lactones) is 1. The number of carbonyl (C=O) groups is 2. The van der Waals surface area contributed by atoms with E-state index in [1.54, 1.807) is 58.6 Å². The minimum Gasteiger partial charge on any atom is -0.448 e. The summed E-state index contributed by atoms with van der Waals surface area (Å²) in [6, 6.07) is 10.4. The Hall–Kier alpha value is -3.10. The van der Waals surface area contributed by atoms with Crippen LogP contribution in [0.4, 0.5) is 0 Å². The highest BCUT2D eigenvalue weighted by molar-refractivity contribution is 14.1. The molecular formula is C54H83IN6O13. The number of rotatable bonds is 15. The lowest BCUT2D eigenvalue weighted by Gasteiger charge is -2.49. The van der Waals surface area contributed by atoms with Gasteiger partial charge in [-0.1, -0.05) is 49.4 Å². The molecule has 6 rings (SSSR count). The summed E-state index contributed by atoms with van der Waals surface area (Å²) < 4.78 is 38.6. The number of likely N-dealkylation sites (N-methyl/N-ethyl adjacent to an activating group) is 2. The third-order valence-electron chi connectivity index (χ3n) is 15.8. The number of aryl methyl sites for hydroxylation is 1. The number of aromatic nitrogens is 4. The van der Waals surface area contributed by atoms with Crippen LogP contribution in [0, 0.1) is 17.8 Å². The molecule has 0 spiro atoms. The van der Waals surface area contributed by atoms with Crippen molar-refractivity contribution in [2.45, 2.75) is 196 Å². The Morgan fingerprint density at radius 2 is 1.66 bits per heavy atom. The topological polar surface area (TPSA) is 241 Å². The van der Waals surface area contributed by atoms with Gasteiger partial charge in [0.1, 0.15) is 23.9 Å². The molecule has 3 fully saturated rings. The number of carbonyl (C=O) groups excluding carboxylic acids is 2. The van der Waals surface area contributed by atoms with Crippen LogP contribution in [0.3, 0.4) is 0 Å². The highest BCUT2D eigenvalue weighted by Gasteiger charge is 2.53. The minimum atomic E-state index is -1.86. The van der Waals surface area contributed by atoms with Crippen molar-refractivity contribution in [1.29, 1.82) is 0 Å². The lowest BCUT2D eigenvalue weighted by Crippen LogP contribution is -2.60. The predicted molar refractivity (Wildman–Crippen MR) is 284 cm³/mol. The predicted octanol–water partition coefficient (Wildman–Crippen LogP) is 4.81. The summed E-state index contributed by atoms with van der Waals surface area (Å²) in [5, 5.41) is 68.1. The van der Waals surface area contributed by atoms with Crippen molar-refractivity contribution >= 4 is 34.3 Å². The van der Waals surface area contributed by atoms with Crippen LogP contribution in [-0.2, 0) is 46.2 Å². The molecule has 3 saturated heterocycles. The fourth-order valence-electron chi connectivity index (χ4n) is 11.0. The van der Waals surface area contributed by atoms with Crippen LogP contribution in [0.5, 0.6) is 0 Å². The second-order valence-corrected chi connectivity index (χ2v) is 23.3. The molecule has 0 amide bonds. The van der Waals surface area contributed by atoms with E-state index in [-0.39, 0.29) is 30.6 Å². The van der Waals surface area contributed by atoms with Crippen LogP contribution >= 0.6 is 22.6 Å². The first-order valence-electron chi connectivity index (χ1n) is 26.1.